The number of likely N-dealkylation sites (tertiary alicyclic amines) is 1. The number of carbonyl (C=O) groups is 1. The van der Waals surface area contributed by atoms with Crippen molar-refractivity contribution in [1.29, 1.82) is 0 Å². The van der Waals surface area contributed by atoms with Gasteiger partial charge in [-0.1, -0.05) is 18.2 Å². The SMILES string of the molecule is C[C@@H](O[C@H]1CC[C@@H]([C@@H]2CCC(=O)N2C)[C@@H]1c1ccc(F)cc1)c1cc(CF)cc(C(F)(F)F)c1. The Labute approximate surface area is 195 Å². The highest BCUT2D eigenvalue weighted by atomic mass is 19.4. The molecular formula is C26H28F5NO2. The zero-order valence-electron chi connectivity index (χ0n) is 19.1. The molecule has 0 bridgehead atoms. The average molecular weight is 482 g/mol. The maximum atomic E-state index is 13.6. The minimum Gasteiger partial charge on any atom is -0.370 e. The Bertz CT molecular complexity index is 1020. The molecule has 3 nitrogen and oxygen atoms in total. The number of halogens is 5. The van der Waals surface area contributed by atoms with Gasteiger partial charge in [0, 0.05) is 25.4 Å². The summed E-state index contributed by atoms with van der Waals surface area (Å²) in [5, 5.41) is 0. The third-order valence-electron chi connectivity index (χ3n) is 7.29. The lowest BCUT2D eigenvalue weighted by Gasteiger charge is -2.34. The lowest BCUT2D eigenvalue weighted by atomic mass is 9.82. The van der Waals surface area contributed by atoms with Crippen LogP contribution in [-0.2, 0) is 22.4 Å². The van der Waals surface area contributed by atoms with Crippen LogP contribution >= 0.6 is 0 Å². The van der Waals surface area contributed by atoms with E-state index in [9.17, 15) is 26.7 Å². The van der Waals surface area contributed by atoms with Crippen molar-refractivity contribution in [1.82, 2.24) is 4.90 Å². The predicted molar refractivity (Wildman–Crippen MR) is 117 cm³/mol. The van der Waals surface area contributed by atoms with E-state index in [0.29, 0.717) is 12.8 Å². The quantitative estimate of drug-likeness (QED) is 0.437. The van der Waals surface area contributed by atoms with E-state index in [1.54, 1.807) is 31.0 Å². The number of amides is 1. The van der Waals surface area contributed by atoms with Gasteiger partial charge in [-0.05, 0) is 73.1 Å². The number of hydrogen-bond acceptors (Lipinski definition) is 2. The topological polar surface area (TPSA) is 29.5 Å². The smallest absolute Gasteiger partial charge is 0.370 e. The zero-order valence-corrected chi connectivity index (χ0v) is 19.1. The Morgan fingerprint density at radius 2 is 1.79 bits per heavy atom. The number of ether oxygens (including phenoxy) is 1. The van der Waals surface area contributed by atoms with Crippen molar-refractivity contribution in [2.75, 3.05) is 7.05 Å². The summed E-state index contributed by atoms with van der Waals surface area (Å²) in [4.78, 5) is 13.9. The second-order valence-corrected chi connectivity index (χ2v) is 9.34. The number of benzene rings is 2. The Hall–Kier alpha value is -2.48. The molecule has 184 valence electrons. The van der Waals surface area contributed by atoms with Crippen molar-refractivity contribution in [2.45, 2.75) is 69.6 Å². The first-order valence-corrected chi connectivity index (χ1v) is 11.5. The van der Waals surface area contributed by atoms with Gasteiger partial charge in [-0.2, -0.15) is 13.2 Å². The normalized spacial score (nSPS) is 26.3. The molecule has 1 heterocycles. The van der Waals surface area contributed by atoms with Crippen molar-refractivity contribution < 1.29 is 31.5 Å². The van der Waals surface area contributed by atoms with Crippen LogP contribution in [0.4, 0.5) is 22.0 Å². The van der Waals surface area contributed by atoms with Crippen LogP contribution in [0.2, 0.25) is 0 Å². The number of hydrogen-bond donors (Lipinski definition) is 0. The molecule has 5 atom stereocenters. The number of alkyl halides is 4. The largest absolute Gasteiger partial charge is 0.416 e. The van der Waals surface area contributed by atoms with Crippen LogP contribution in [0.1, 0.15) is 66.9 Å². The molecule has 0 unspecified atom stereocenters. The van der Waals surface area contributed by atoms with Crippen molar-refractivity contribution in [3.8, 4) is 0 Å². The molecule has 1 aliphatic heterocycles. The lowest BCUT2D eigenvalue weighted by Crippen LogP contribution is -2.37. The first-order valence-electron chi connectivity index (χ1n) is 11.5. The van der Waals surface area contributed by atoms with Crippen molar-refractivity contribution in [3.63, 3.8) is 0 Å². The van der Waals surface area contributed by atoms with Crippen LogP contribution in [0.25, 0.3) is 0 Å². The summed E-state index contributed by atoms with van der Waals surface area (Å²) in [7, 11) is 1.79. The van der Waals surface area contributed by atoms with Crippen LogP contribution < -0.4 is 0 Å². The van der Waals surface area contributed by atoms with E-state index in [-0.39, 0.29) is 46.8 Å². The standard InChI is InChI=1S/C26H28F5NO2/c1-15(18-11-16(14-27)12-19(13-18)26(29,30)31)34-23-9-7-21(22-8-10-24(33)32(22)2)25(23)17-3-5-20(28)6-4-17/h3-6,11-13,15,21-23,25H,7-10,14H2,1-2H3/t15-,21+,22+,23+,25+/m1/s1. The molecule has 2 aliphatic rings. The molecule has 4 rings (SSSR count). The summed E-state index contributed by atoms with van der Waals surface area (Å²) in [5.74, 6) is -0.335. The average Bonchev–Trinajstić information content (AvgIpc) is 3.36. The predicted octanol–water partition coefficient (Wildman–Crippen LogP) is 6.57. The molecule has 34 heavy (non-hydrogen) atoms. The van der Waals surface area contributed by atoms with E-state index in [4.69, 9.17) is 4.74 Å². The summed E-state index contributed by atoms with van der Waals surface area (Å²) in [6.07, 6.45) is -2.99. The third-order valence-corrected chi connectivity index (χ3v) is 7.29. The van der Waals surface area contributed by atoms with Crippen LogP contribution in [0.3, 0.4) is 0 Å². The number of nitrogens with zero attached hydrogens (tertiary/aromatic N) is 1. The molecule has 0 spiro atoms. The maximum absolute atomic E-state index is 13.6. The second kappa shape index (κ2) is 9.64. The monoisotopic (exact) mass is 481 g/mol. The molecular weight excluding hydrogens is 453 g/mol. The van der Waals surface area contributed by atoms with Gasteiger partial charge in [0.1, 0.15) is 12.5 Å². The van der Waals surface area contributed by atoms with E-state index in [2.05, 4.69) is 0 Å². The molecule has 0 N–H and O–H groups in total. The van der Waals surface area contributed by atoms with E-state index in [0.717, 1.165) is 30.5 Å². The van der Waals surface area contributed by atoms with Gasteiger partial charge in [0.2, 0.25) is 5.91 Å². The highest BCUT2D eigenvalue weighted by molar-refractivity contribution is 5.78. The fraction of sp³-hybridized carbons (Fsp3) is 0.500. The van der Waals surface area contributed by atoms with Gasteiger partial charge in [-0.15, -0.1) is 0 Å². The summed E-state index contributed by atoms with van der Waals surface area (Å²) in [6, 6.07) is 9.44. The van der Waals surface area contributed by atoms with E-state index < -0.39 is 24.5 Å². The van der Waals surface area contributed by atoms with Gasteiger partial charge in [0.05, 0.1) is 17.8 Å². The Balaban J connectivity index is 1.62. The lowest BCUT2D eigenvalue weighted by molar-refractivity contribution is -0.137. The van der Waals surface area contributed by atoms with E-state index >= 15 is 0 Å². The Morgan fingerprint density at radius 3 is 2.38 bits per heavy atom. The summed E-state index contributed by atoms with van der Waals surface area (Å²) in [5.41, 5.74) is 0.184. The van der Waals surface area contributed by atoms with Gasteiger partial charge in [-0.25, -0.2) is 8.78 Å². The van der Waals surface area contributed by atoms with Gasteiger partial charge in [0.25, 0.3) is 0 Å². The Morgan fingerprint density at radius 1 is 1.09 bits per heavy atom. The molecule has 1 aliphatic carbocycles. The summed E-state index contributed by atoms with van der Waals surface area (Å²) < 4.78 is 73.2. The fourth-order valence-electron chi connectivity index (χ4n) is 5.59. The van der Waals surface area contributed by atoms with Crippen molar-refractivity contribution in [2.24, 2.45) is 5.92 Å². The van der Waals surface area contributed by atoms with Crippen molar-refractivity contribution >= 4 is 5.91 Å². The van der Waals surface area contributed by atoms with E-state index in [1.807, 2.05) is 0 Å². The first-order chi connectivity index (χ1) is 16.1. The second-order valence-electron chi connectivity index (χ2n) is 9.34. The van der Waals surface area contributed by atoms with Gasteiger partial charge in [0.15, 0.2) is 0 Å². The molecule has 2 aromatic carbocycles. The van der Waals surface area contributed by atoms with Crippen LogP contribution in [0, 0.1) is 11.7 Å². The first kappa shape index (κ1) is 24.6. The summed E-state index contributed by atoms with van der Waals surface area (Å²) in [6.45, 7) is 0.660. The minimum atomic E-state index is -4.59. The molecule has 0 radical (unpaired) electrons. The zero-order chi connectivity index (χ0) is 24.6. The van der Waals surface area contributed by atoms with Crippen LogP contribution in [-0.4, -0.2) is 30.0 Å². The van der Waals surface area contributed by atoms with Gasteiger partial charge >= 0.3 is 6.18 Å². The van der Waals surface area contributed by atoms with Crippen LogP contribution in [0.15, 0.2) is 42.5 Å². The molecule has 1 saturated heterocycles. The highest BCUT2D eigenvalue weighted by Gasteiger charge is 2.46. The van der Waals surface area contributed by atoms with Gasteiger partial charge < -0.3 is 9.64 Å². The van der Waals surface area contributed by atoms with Gasteiger partial charge in [-0.3, -0.25) is 4.79 Å². The van der Waals surface area contributed by atoms with Crippen LogP contribution in [0.5, 0.6) is 0 Å². The summed E-state index contributed by atoms with van der Waals surface area (Å²) >= 11 is 0. The van der Waals surface area contributed by atoms with Crippen molar-refractivity contribution in [3.05, 3.63) is 70.5 Å². The Kier molecular flexibility index (Phi) is 6.99. The molecule has 0 aromatic heterocycles. The minimum absolute atomic E-state index is 0.0261. The fourth-order valence-corrected chi connectivity index (χ4v) is 5.59. The third kappa shape index (κ3) is 4.97. The molecule has 2 aromatic rings. The molecule has 1 amide bonds. The number of carbonyl (C=O) groups excluding carboxylic acids is 1. The molecule has 1 saturated carbocycles. The maximum Gasteiger partial charge on any atom is 0.416 e. The molecule has 2 fully saturated rings. The molecule has 8 heteroatoms. The van der Waals surface area contributed by atoms with E-state index in [1.165, 1.54) is 18.2 Å². The number of rotatable bonds is 6. The highest BCUT2D eigenvalue weighted by Crippen LogP contribution is 2.48.